The van der Waals surface area contributed by atoms with Crippen LogP contribution in [0.1, 0.15) is 32.3 Å². The summed E-state index contributed by atoms with van der Waals surface area (Å²) in [6, 6.07) is 15.5. The first-order valence-electron chi connectivity index (χ1n) is 7.95. The molecule has 0 atom stereocenters. The fraction of sp³-hybridized carbons (Fsp3) is 0.316. The number of ether oxygens (including phenoxy) is 1. The van der Waals surface area contributed by atoms with Gasteiger partial charge in [-0.3, -0.25) is 4.79 Å². The van der Waals surface area contributed by atoms with E-state index in [-0.39, 0.29) is 12.5 Å². The Labute approximate surface area is 137 Å². The second kappa shape index (κ2) is 8.22. The van der Waals surface area contributed by atoms with Crippen molar-refractivity contribution in [1.82, 2.24) is 0 Å². The Bertz CT molecular complexity index is 653. The average Bonchev–Trinajstić information content (AvgIpc) is 2.54. The van der Waals surface area contributed by atoms with E-state index >= 15 is 0 Å². The minimum absolute atomic E-state index is 0.0859. The molecule has 0 radical (unpaired) electrons. The van der Waals surface area contributed by atoms with Crippen LogP contribution in [0.2, 0.25) is 0 Å². The Morgan fingerprint density at radius 1 is 1.13 bits per heavy atom. The molecule has 0 saturated carbocycles. The summed E-state index contributed by atoms with van der Waals surface area (Å²) < 4.78 is 5.43. The first-order valence-corrected chi connectivity index (χ1v) is 7.95. The summed E-state index contributed by atoms with van der Waals surface area (Å²) in [7, 11) is 0. The molecular weight excluding hydrogens is 288 g/mol. The molecule has 0 spiro atoms. The van der Waals surface area contributed by atoms with E-state index in [0.717, 1.165) is 17.1 Å². The normalized spacial score (nSPS) is 10.4. The zero-order valence-corrected chi connectivity index (χ0v) is 13.9. The van der Waals surface area contributed by atoms with Gasteiger partial charge in [-0.2, -0.15) is 0 Å². The van der Waals surface area contributed by atoms with Gasteiger partial charge in [0.15, 0.2) is 0 Å². The lowest BCUT2D eigenvalue weighted by Gasteiger charge is -2.14. The molecule has 0 aliphatic heterocycles. The van der Waals surface area contributed by atoms with Gasteiger partial charge in [0, 0.05) is 17.4 Å². The molecule has 0 aliphatic rings. The molecule has 0 aliphatic carbocycles. The van der Waals surface area contributed by atoms with Crippen molar-refractivity contribution in [2.45, 2.75) is 26.7 Å². The van der Waals surface area contributed by atoms with Crippen molar-refractivity contribution in [2.75, 3.05) is 23.8 Å². The van der Waals surface area contributed by atoms with Crippen LogP contribution < -0.4 is 15.4 Å². The van der Waals surface area contributed by atoms with Crippen LogP contribution in [0.5, 0.6) is 5.75 Å². The summed E-state index contributed by atoms with van der Waals surface area (Å²) in [6.07, 6.45) is 0. The topological polar surface area (TPSA) is 50.4 Å². The predicted molar refractivity (Wildman–Crippen MR) is 95.3 cm³/mol. The van der Waals surface area contributed by atoms with Gasteiger partial charge in [-0.1, -0.05) is 38.1 Å². The number of nitrogens with one attached hydrogen (secondary N) is 2. The van der Waals surface area contributed by atoms with Crippen molar-refractivity contribution in [1.29, 1.82) is 0 Å². The van der Waals surface area contributed by atoms with Crippen molar-refractivity contribution in [3.63, 3.8) is 0 Å². The number of anilines is 2. The van der Waals surface area contributed by atoms with E-state index in [4.69, 9.17) is 4.74 Å². The number of amides is 1. The second-order valence-corrected chi connectivity index (χ2v) is 5.60. The smallest absolute Gasteiger partial charge is 0.243 e. The van der Waals surface area contributed by atoms with Crippen LogP contribution in [0.4, 0.5) is 11.4 Å². The zero-order chi connectivity index (χ0) is 16.7. The van der Waals surface area contributed by atoms with Crippen molar-refractivity contribution in [3.8, 4) is 5.75 Å². The molecule has 0 fully saturated rings. The van der Waals surface area contributed by atoms with E-state index in [1.807, 2.05) is 49.4 Å². The molecule has 4 nitrogen and oxygen atoms in total. The number of hydrogen-bond donors (Lipinski definition) is 2. The molecule has 1 amide bonds. The highest BCUT2D eigenvalue weighted by atomic mass is 16.5. The Morgan fingerprint density at radius 3 is 2.65 bits per heavy atom. The summed E-state index contributed by atoms with van der Waals surface area (Å²) in [5.74, 6) is 1.07. The van der Waals surface area contributed by atoms with Gasteiger partial charge in [-0.05, 0) is 36.6 Å². The predicted octanol–water partition coefficient (Wildman–Crippen LogP) is 4.26. The van der Waals surface area contributed by atoms with Crippen molar-refractivity contribution in [3.05, 3.63) is 54.1 Å². The fourth-order valence-corrected chi connectivity index (χ4v) is 2.37. The maximum absolute atomic E-state index is 12.1. The zero-order valence-electron chi connectivity index (χ0n) is 13.9. The van der Waals surface area contributed by atoms with Crippen LogP contribution in [0.15, 0.2) is 48.5 Å². The molecule has 0 heterocycles. The van der Waals surface area contributed by atoms with Gasteiger partial charge in [-0.15, -0.1) is 0 Å². The summed E-state index contributed by atoms with van der Waals surface area (Å²) in [5.41, 5.74) is 2.94. The molecule has 0 saturated heterocycles. The monoisotopic (exact) mass is 312 g/mol. The van der Waals surface area contributed by atoms with Crippen LogP contribution in [-0.2, 0) is 4.79 Å². The number of carbonyl (C=O) groups is 1. The number of carbonyl (C=O) groups excluding carboxylic acids is 1. The van der Waals surface area contributed by atoms with Crippen molar-refractivity contribution in [2.24, 2.45) is 0 Å². The highest BCUT2D eigenvalue weighted by Crippen LogP contribution is 2.23. The lowest BCUT2D eigenvalue weighted by atomic mass is 10.0. The lowest BCUT2D eigenvalue weighted by Crippen LogP contribution is -2.22. The van der Waals surface area contributed by atoms with E-state index in [2.05, 4.69) is 30.5 Å². The molecule has 2 aromatic rings. The van der Waals surface area contributed by atoms with Crippen LogP contribution >= 0.6 is 0 Å². The Hall–Kier alpha value is -2.49. The Balaban J connectivity index is 1.94. The molecule has 122 valence electrons. The summed E-state index contributed by atoms with van der Waals surface area (Å²) in [5, 5.41) is 6.09. The summed E-state index contributed by atoms with van der Waals surface area (Å²) in [4.78, 5) is 12.1. The Kier molecular flexibility index (Phi) is 6.03. The third-order valence-corrected chi connectivity index (χ3v) is 3.45. The van der Waals surface area contributed by atoms with E-state index in [0.29, 0.717) is 12.5 Å². The van der Waals surface area contributed by atoms with Gasteiger partial charge in [-0.25, -0.2) is 0 Å². The van der Waals surface area contributed by atoms with Gasteiger partial charge in [0.05, 0.1) is 13.2 Å². The quantitative estimate of drug-likeness (QED) is 0.803. The third-order valence-electron chi connectivity index (χ3n) is 3.45. The van der Waals surface area contributed by atoms with Gasteiger partial charge in [0.25, 0.3) is 0 Å². The molecule has 0 unspecified atom stereocenters. The van der Waals surface area contributed by atoms with Crippen LogP contribution in [0, 0.1) is 0 Å². The minimum Gasteiger partial charge on any atom is -0.494 e. The van der Waals surface area contributed by atoms with Gasteiger partial charge in [0.2, 0.25) is 5.91 Å². The SMILES string of the molecule is CCOc1cccc(NC(=O)CNc2ccccc2C(C)C)c1. The van der Waals surface area contributed by atoms with E-state index in [1.54, 1.807) is 0 Å². The largest absolute Gasteiger partial charge is 0.494 e. The minimum atomic E-state index is -0.0859. The number of hydrogen-bond acceptors (Lipinski definition) is 3. The standard InChI is InChI=1S/C19H24N2O2/c1-4-23-16-9-7-8-15(12-16)21-19(22)13-20-18-11-6-5-10-17(18)14(2)3/h5-12,14,20H,4,13H2,1-3H3,(H,21,22). The molecule has 4 heteroatoms. The summed E-state index contributed by atoms with van der Waals surface area (Å²) in [6.45, 7) is 7.04. The third kappa shape index (κ3) is 5.02. The lowest BCUT2D eigenvalue weighted by molar-refractivity contribution is -0.114. The molecule has 2 N–H and O–H groups in total. The van der Waals surface area contributed by atoms with Crippen LogP contribution in [0.3, 0.4) is 0 Å². The fourth-order valence-electron chi connectivity index (χ4n) is 2.37. The molecule has 0 bridgehead atoms. The molecule has 2 rings (SSSR count). The van der Waals surface area contributed by atoms with Crippen molar-refractivity contribution >= 4 is 17.3 Å². The number of benzene rings is 2. The highest BCUT2D eigenvalue weighted by molar-refractivity contribution is 5.94. The van der Waals surface area contributed by atoms with Crippen molar-refractivity contribution < 1.29 is 9.53 Å². The first-order chi connectivity index (χ1) is 11.1. The number of para-hydroxylation sites is 1. The van der Waals surface area contributed by atoms with E-state index < -0.39 is 0 Å². The van der Waals surface area contributed by atoms with Crippen LogP contribution in [-0.4, -0.2) is 19.1 Å². The van der Waals surface area contributed by atoms with Crippen LogP contribution in [0.25, 0.3) is 0 Å². The molecule has 23 heavy (non-hydrogen) atoms. The van der Waals surface area contributed by atoms with Gasteiger partial charge in [0.1, 0.15) is 5.75 Å². The van der Waals surface area contributed by atoms with Gasteiger partial charge < -0.3 is 15.4 Å². The maximum Gasteiger partial charge on any atom is 0.243 e. The molecule has 2 aromatic carbocycles. The molecular formula is C19H24N2O2. The first kappa shape index (κ1) is 16.9. The average molecular weight is 312 g/mol. The highest BCUT2D eigenvalue weighted by Gasteiger charge is 2.08. The second-order valence-electron chi connectivity index (χ2n) is 5.60. The van der Waals surface area contributed by atoms with E-state index in [1.165, 1.54) is 5.56 Å². The maximum atomic E-state index is 12.1. The van der Waals surface area contributed by atoms with E-state index in [9.17, 15) is 4.79 Å². The Morgan fingerprint density at radius 2 is 1.91 bits per heavy atom. The molecule has 0 aromatic heterocycles. The van der Waals surface area contributed by atoms with Gasteiger partial charge >= 0.3 is 0 Å². The number of rotatable bonds is 7. The summed E-state index contributed by atoms with van der Waals surface area (Å²) >= 11 is 0.